The molecule has 24 heavy (non-hydrogen) atoms. The van der Waals surface area contributed by atoms with Gasteiger partial charge < -0.3 is 5.32 Å². The van der Waals surface area contributed by atoms with Crippen LogP contribution in [0.4, 0.5) is 5.69 Å². The highest BCUT2D eigenvalue weighted by atomic mass is 35.5. The van der Waals surface area contributed by atoms with E-state index in [2.05, 4.69) is 5.32 Å². The minimum atomic E-state index is -0.993. The smallest absolute Gasteiger partial charge is 0.262 e. The number of nitrogens with zero attached hydrogens (tertiary/aromatic N) is 1. The maximum absolute atomic E-state index is 12.4. The fourth-order valence-electron chi connectivity index (χ4n) is 2.51. The van der Waals surface area contributed by atoms with Crippen LogP contribution in [0.2, 0.25) is 10.0 Å². The highest BCUT2D eigenvalue weighted by Crippen LogP contribution is 2.30. The molecule has 1 aliphatic heterocycles. The molecule has 122 valence electrons. The lowest BCUT2D eigenvalue weighted by Crippen LogP contribution is -2.45. The van der Waals surface area contributed by atoms with Gasteiger partial charge in [0.25, 0.3) is 11.8 Å². The molecule has 0 saturated heterocycles. The Balaban J connectivity index is 1.83. The third-order valence-corrected chi connectivity index (χ3v) is 4.62. The molecule has 0 aromatic heterocycles. The number of hydrogen-bond acceptors (Lipinski definition) is 3. The van der Waals surface area contributed by atoms with Gasteiger partial charge in [-0.05, 0) is 31.2 Å². The number of benzene rings is 2. The summed E-state index contributed by atoms with van der Waals surface area (Å²) < 4.78 is 0. The van der Waals surface area contributed by atoms with Gasteiger partial charge in [0.05, 0.1) is 26.9 Å². The minimum absolute atomic E-state index is 0.196. The molecule has 3 rings (SSSR count). The second kappa shape index (κ2) is 6.26. The van der Waals surface area contributed by atoms with E-state index in [9.17, 15) is 14.4 Å². The molecule has 0 fully saturated rings. The summed E-state index contributed by atoms with van der Waals surface area (Å²) in [6, 6.07) is 10.3. The molecule has 2 aromatic rings. The number of carbonyl (C=O) groups excluding carboxylic acids is 3. The molecule has 0 bridgehead atoms. The van der Waals surface area contributed by atoms with Crippen LogP contribution in [0.3, 0.4) is 0 Å². The Morgan fingerprint density at radius 3 is 2.17 bits per heavy atom. The normalized spacial score (nSPS) is 14.5. The van der Waals surface area contributed by atoms with Crippen molar-refractivity contribution in [2.24, 2.45) is 0 Å². The van der Waals surface area contributed by atoms with E-state index in [1.54, 1.807) is 42.5 Å². The van der Waals surface area contributed by atoms with Crippen LogP contribution in [0.5, 0.6) is 0 Å². The van der Waals surface area contributed by atoms with E-state index in [4.69, 9.17) is 23.2 Å². The molecule has 1 aliphatic rings. The molecule has 0 radical (unpaired) electrons. The lowest BCUT2D eigenvalue weighted by atomic mass is 10.1. The average Bonchev–Trinajstić information content (AvgIpc) is 2.83. The number of amides is 3. The lowest BCUT2D eigenvalue weighted by Gasteiger charge is -2.22. The van der Waals surface area contributed by atoms with Crippen molar-refractivity contribution in [2.75, 3.05) is 5.32 Å². The van der Waals surface area contributed by atoms with Crippen LogP contribution < -0.4 is 5.32 Å². The van der Waals surface area contributed by atoms with Gasteiger partial charge in [-0.1, -0.05) is 41.4 Å². The van der Waals surface area contributed by atoms with E-state index < -0.39 is 23.8 Å². The van der Waals surface area contributed by atoms with E-state index in [1.165, 1.54) is 6.92 Å². The zero-order valence-corrected chi connectivity index (χ0v) is 14.1. The van der Waals surface area contributed by atoms with Gasteiger partial charge >= 0.3 is 0 Å². The van der Waals surface area contributed by atoms with Crippen molar-refractivity contribution in [3.63, 3.8) is 0 Å². The summed E-state index contributed by atoms with van der Waals surface area (Å²) in [5.74, 6) is -1.51. The van der Waals surface area contributed by atoms with Crippen molar-refractivity contribution < 1.29 is 14.4 Å². The Bertz CT molecular complexity index is 832. The average molecular weight is 363 g/mol. The first-order chi connectivity index (χ1) is 11.4. The second-order valence-corrected chi connectivity index (χ2v) is 6.08. The molecule has 7 heteroatoms. The Hall–Kier alpha value is -2.37. The largest absolute Gasteiger partial charge is 0.323 e. The number of imide groups is 1. The van der Waals surface area contributed by atoms with Crippen LogP contribution in [0.15, 0.2) is 42.5 Å². The number of hydrogen-bond donors (Lipinski definition) is 1. The predicted octanol–water partition coefficient (Wildman–Crippen LogP) is 3.62. The van der Waals surface area contributed by atoms with Gasteiger partial charge in [0.15, 0.2) is 0 Å². The zero-order chi connectivity index (χ0) is 17.4. The number of nitrogens with one attached hydrogen (secondary N) is 1. The van der Waals surface area contributed by atoms with Crippen LogP contribution in [0.25, 0.3) is 0 Å². The first kappa shape index (κ1) is 16.5. The highest BCUT2D eigenvalue weighted by molar-refractivity contribution is 6.44. The molecule has 1 atom stereocenters. The predicted molar refractivity (Wildman–Crippen MR) is 91.5 cm³/mol. The molecular formula is C17H12Cl2N2O3. The zero-order valence-electron chi connectivity index (χ0n) is 12.5. The number of carbonyl (C=O) groups is 3. The van der Waals surface area contributed by atoms with Crippen molar-refractivity contribution >= 4 is 46.6 Å². The summed E-state index contributed by atoms with van der Waals surface area (Å²) in [5, 5.41) is 3.08. The van der Waals surface area contributed by atoms with Crippen LogP contribution in [0.1, 0.15) is 27.6 Å². The van der Waals surface area contributed by atoms with Gasteiger partial charge in [-0.3, -0.25) is 19.3 Å². The molecular weight excluding hydrogens is 351 g/mol. The first-order valence-corrected chi connectivity index (χ1v) is 7.89. The summed E-state index contributed by atoms with van der Waals surface area (Å²) in [5.41, 5.74) is 0.906. The summed E-state index contributed by atoms with van der Waals surface area (Å²) in [6.45, 7) is 1.48. The Kier molecular flexibility index (Phi) is 4.30. The van der Waals surface area contributed by atoms with E-state index in [-0.39, 0.29) is 5.02 Å². The number of rotatable bonds is 3. The minimum Gasteiger partial charge on any atom is -0.323 e. The van der Waals surface area contributed by atoms with Crippen LogP contribution >= 0.6 is 23.2 Å². The molecule has 0 spiro atoms. The number of anilines is 1. The van der Waals surface area contributed by atoms with Crippen molar-refractivity contribution in [3.8, 4) is 0 Å². The summed E-state index contributed by atoms with van der Waals surface area (Å²) in [4.78, 5) is 38.2. The fourth-order valence-corrected chi connectivity index (χ4v) is 2.86. The van der Waals surface area contributed by atoms with Crippen molar-refractivity contribution in [3.05, 3.63) is 63.6 Å². The maximum Gasteiger partial charge on any atom is 0.262 e. The van der Waals surface area contributed by atoms with Gasteiger partial charge in [0, 0.05) is 0 Å². The summed E-state index contributed by atoms with van der Waals surface area (Å²) in [6.07, 6.45) is 0. The molecule has 0 saturated carbocycles. The van der Waals surface area contributed by atoms with Gasteiger partial charge in [-0.25, -0.2) is 0 Å². The number of halogens is 2. The van der Waals surface area contributed by atoms with Gasteiger partial charge in [0.1, 0.15) is 6.04 Å². The first-order valence-electron chi connectivity index (χ1n) is 7.13. The van der Waals surface area contributed by atoms with E-state index in [0.717, 1.165) is 4.90 Å². The topological polar surface area (TPSA) is 66.5 Å². The maximum atomic E-state index is 12.4. The Morgan fingerprint density at radius 2 is 1.58 bits per heavy atom. The van der Waals surface area contributed by atoms with Crippen LogP contribution in [-0.4, -0.2) is 28.7 Å². The third kappa shape index (κ3) is 2.66. The third-order valence-electron chi connectivity index (χ3n) is 3.80. The molecule has 3 amide bonds. The van der Waals surface area contributed by atoms with Crippen LogP contribution in [-0.2, 0) is 4.79 Å². The molecule has 5 nitrogen and oxygen atoms in total. The Labute approximate surface area is 148 Å². The van der Waals surface area contributed by atoms with Crippen molar-refractivity contribution in [1.82, 2.24) is 4.90 Å². The quantitative estimate of drug-likeness (QED) is 0.848. The molecule has 2 aromatic carbocycles. The molecule has 1 heterocycles. The Morgan fingerprint density at radius 1 is 1.00 bits per heavy atom. The summed E-state index contributed by atoms with van der Waals surface area (Å²) in [7, 11) is 0. The van der Waals surface area contributed by atoms with Crippen LogP contribution in [0, 0.1) is 0 Å². The molecule has 1 N–H and O–H groups in total. The van der Waals surface area contributed by atoms with Crippen molar-refractivity contribution in [1.29, 1.82) is 0 Å². The van der Waals surface area contributed by atoms with Gasteiger partial charge in [-0.15, -0.1) is 0 Å². The SMILES string of the molecule is C[C@H](C(=O)Nc1cccc(Cl)c1Cl)N1C(=O)c2ccccc2C1=O. The standard InChI is InChI=1S/C17H12Cl2N2O3/c1-9(15(22)20-13-8-4-7-12(18)14(13)19)21-16(23)10-5-2-3-6-11(10)17(21)24/h2-9H,1H3,(H,20,22)/t9-/m1/s1. The van der Waals surface area contributed by atoms with E-state index >= 15 is 0 Å². The lowest BCUT2D eigenvalue weighted by molar-refractivity contribution is -0.119. The fraction of sp³-hybridized carbons (Fsp3) is 0.118. The van der Waals surface area contributed by atoms with Crippen molar-refractivity contribution in [2.45, 2.75) is 13.0 Å². The summed E-state index contributed by atoms with van der Waals surface area (Å²) >= 11 is 11.9. The number of fused-ring (bicyclic) bond motifs is 1. The van der Waals surface area contributed by atoms with E-state index in [0.29, 0.717) is 21.8 Å². The monoisotopic (exact) mass is 362 g/mol. The van der Waals surface area contributed by atoms with E-state index in [1.807, 2.05) is 0 Å². The second-order valence-electron chi connectivity index (χ2n) is 5.29. The molecule has 0 aliphatic carbocycles. The van der Waals surface area contributed by atoms with Gasteiger partial charge in [-0.2, -0.15) is 0 Å². The molecule has 0 unspecified atom stereocenters. The highest BCUT2D eigenvalue weighted by Gasteiger charge is 2.40. The van der Waals surface area contributed by atoms with Gasteiger partial charge in [0.2, 0.25) is 5.91 Å².